The van der Waals surface area contributed by atoms with Gasteiger partial charge in [0.1, 0.15) is 0 Å². The van der Waals surface area contributed by atoms with Crippen LogP contribution in [0.25, 0.3) is 0 Å². The fourth-order valence-corrected chi connectivity index (χ4v) is 13.8. The third-order valence-electron chi connectivity index (χ3n) is 20.3. The molecule has 3 N–H and O–H groups in total. The van der Waals surface area contributed by atoms with Crippen molar-refractivity contribution in [3.63, 3.8) is 0 Å². The van der Waals surface area contributed by atoms with Gasteiger partial charge >= 0.3 is 5.97 Å². The Hall–Kier alpha value is -1.66. The molecule has 0 aliphatic heterocycles. The Morgan fingerprint density at radius 3 is 0.837 bits per heavy atom. The van der Waals surface area contributed by atoms with Crippen LogP contribution in [0.5, 0.6) is 0 Å². The van der Waals surface area contributed by atoms with Crippen LogP contribution in [-0.2, 0) is 14.3 Å². The lowest BCUT2D eigenvalue weighted by Gasteiger charge is -2.22. The molecule has 0 rings (SSSR count). The molecule has 2 atom stereocenters. The van der Waals surface area contributed by atoms with E-state index in [0.717, 1.165) is 51.4 Å². The topological polar surface area (TPSA) is 95.9 Å². The van der Waals surface area contributed by atoms with Crippen molar-refractivity contribution >= 4 is 11.9 Å². The van der Waals surface area contributed by atoms with E-state index in [2.05, 4.69) is 43.5 Å². The lowest BCUT2D eigenvalue weighted by atomic mass is 10.0. The molecule has 0 fully saturated rings. The molecule has 0 aromatic rings. The second kappa shape index (κ2) is 81.8. The molecule has 0 saturated carbocycles. The second-order valence-corrected chi connectivity index (χ2v) is 29.5. The van der Waals surface area contributed by atoms with Crippen molar-refractivity contribution < 1.29 is 24.5 Å². The fraction of sp³-hybridized carbons (Fsp3) is 0.930. The van der Waals surface area contributed by atoms with E-state index < -0.39 is 12.1 Å². The smallest absolute Gasteiger partial charge is 0.305 e. The zero-order valence-electron chi connectivity index (χ0n) is 62.8. The maximum atomic E-state index is 12.6. The van der Waals surface area contributed by atoms with Crippen LogP contribution in [0.4, 0.5) is 0 Å². The number of amides is 1. The number of carbonyl (C=O) groups is 2. The zero-order chi connectivity index (χ0) is 66.3. The number of nitrogens with one attached hydrogen (secondary N) is 1. The van der Waals surface area contributed by atoms with Crippen LogP contribution < -0.4 is 5.32 Å². The summed E-state index contributed by atoms with van der Waals surface area (Å²) in [5.41, 5.74) is 0. The first kappa shape index (κ1) is 90.3. The molecular weight excluding hydrogens is 1130 g/mol. The van der Waals surface area contributed by atoms with Gasteiger partial charge in [-0.3, -0.25) is 9.59 Å². The van der Waals surface area contributed by atoms with Gasteiger partial charge < -0.3 is 20.3 Å². The summed E-state index contributed by atoms with van der Waals surface area (Å²) in [7, 11) is 0. The molecule has 6 nitrogen and oxygen atoms in total. The molecule has 92 heavy (non-hydrogen) atoms. The number of aliphatic hydroxyl groups excluding tert-OH is 2. The summed E-state index contributed by atoms with van der Waals surface area (Å²) in [6, 6.07) is -0.538. The van der Waals surface area contributed by atoms with Crippen LogP contribution in [0, 0.1) is 0 Å². The summed E-state index contributed by atoms with van der Waals surface area (Å²) < 4.78 is 5.50. The maximum absolute atomic E-state index is 12.6. The van der Waals surface area contributed by atoms with Crippen molar-refractivity contribution in [1.29, 1.82) is 0 Å². The van der Waals surface area contributed by atoms with Gasteiger partial charge in [0.15, 0.2) is 0 Å². The number of hydrogen-bond donors (Lipinski definition) is 3. The molecule has 1 amide bonds. The Bertz CT molecular complexity index is 1450. The Morgan fingerprint density at radius 1 is 0.304 bits per heavy atom. The number of unbranched alkanes of at least 4 members (excludes halogenated alkanes) is 66. The van der Waals surface area contributed by atoms with Gasteiger partial charge in [0.25, 0.3) is 0 Å². The van der Waals surface area contributed by atoms with Crippen molar-refractivity contribution in [3.05, 3.63) is 24.3 Å². The molecule has 2 unspecified atom stereocenters. The van der Waals surface area contributed by atoms with Crippen LogP contribution in [0.2, 0.25) is 0 Å². The van der Waals surface area contributed by atoms with Gasteiger partial charge in [-0.15, -0.1) is 0 Å². The molecule has 0 heterocycles. The van der Waals surface area contributed by atoms with E-state index in [1.165, 1.54) is 405 Å². The molecule has 0 aromatic heterocycles. The monoisotopic (exact) mass is 1290 g/mol. The van der Waals surface area contributed by atoms with Crippen LogP contribution in [0.1, 0.15) is 489 Å². The lowest BCUT2D eigenvalue weighted by molar-refractivity contribution is -0.143. The number of ether oxygens (including phenoxy) is 1. The molecule has 0 aromatic carbocycles. The number of aliphatic hydroxyl groups is 2. The van der Waals surface area contributed by atoms with Crippen LogP contribution in [-0.4, -0.2) is 47.4 Å². The maximum Gasteiger partial charge on any atom is 0.305 e. The standard InChI is InChI=1S/C86H167NO5/c1-3-5-7-9-11-13-15-17-19-21-22-23-41-44-47-50-54-58-62-66-70-74-78-84(89)83(82-88)87-85(90)79-75-71-67-63-59-55-51-48-45-42-39-37-35-33-31-29-27-25-24-26-28-30-32-34-36-38-40-43-46-49-53-57-61-65-69-73-77-81-92-86(91)80-76-72-68-64-60-56-52-20-18-16-14-12-10-8-6-4-2/h14,16,20,52,83-84,88-89H,3-13,15,17-19,21-51,53-82H2,1-2H3,(H,87,90)/b16-14-,52-20-. The summed E-state index contributed by atoms with van der Waals surface area (Å²) in [5.74, 6) is -0.0124. The van der Waals surface area contributed by atoms with Gasteiger partial charge in [0.05, 0.1) is 25.4 Å². The minimum absolute atomic E-state index is 0.0109. The molecule has 0 aliphatic rings. The second-order valence-electron chi connectivity index (χ2n) is 29.5. The summed E-state index contributed by atoms with van der Waals surface area (Å²) in [6.07, 6.45) is 106. The molecular formula is C86H167NO5. The predicted octanol–water partition coefficient (Wildman–Crippen LogP) is 28.4. The van der Waals surface area contributed by atoms with Crippen molar-refractivity contribution in [1.82, 2.24) is 5.32 Å². The van der Waals surface area contributed by atoms with Crippen LogP contribution in [0.3, 0.4) is 0 Å². The quantitative estimate of drug-likeness (QED) is 0.0320. The van der Waals surface area contributed by atoms with Gasteiger partial charge in [-0.25, -0.2) is 0 Å². The summed E-state index contributed by atoms with van der Waals surface area (Å²) in [4.78, 5) is 24.7. The van der Waals surface area contributed by atoms with Crippen molar-refractivity contribution in [2.45, 2.75) is 501 Å². The van der Waals surface area contributed by atoms with Crippen molar-refractivity contribution in [3.8, 4) is 0 Å². The molecule has 0 spiro atoms. The highest BCUT2D eigenvalue weighted by Gasteiger charge is 2.20. The highest BCUT2D eigenvalue weighted by molar-refractivity contribution is 5.76. The molecule has 6 heteroatoms. The molecule has 0 saturated heterocycles. The Balaban J connectivity index is 3.31. The molecule has 0 aliphatic carbocycles. The van der Waals surface area contributed by atoms with Gasteiger partial charge in [-0.05, 0) is 57.8 Å². The van der Waals surface area contributed by atoms with Gasteiger partial charge in [-0.2, -0.15) is 0 Å². The Kier molecular flexibility index (Phi) is 80.3. The van der Waals surface area contributed by atoms with Gasteiger partial charge in [0, 0.05) is 12.8 Å². The molecule has 0 bridgehead atoms. The van der Waals surface area contributed by atoms with E-state index in [0.29, 0.717) is 25.9 Å². The van der Waals surface area contributed by atoms with E-state index in [1.54, 1.807) is 0 Å². The number of esters is 1. The Morgan fingerprint density at radius 2 is 0.543 bits per heavy atom. The summed E-state index contributed by atoms with van der Waals surface area (Å²) in [6.45, 7) is 4.99. The number of rotatable bonds is 81. The largest absolute Gasteiger partial charge is 0.466 e. The first-order chi connectivity index (χ1) is 45.5. The highest BCUT2D eigenvalue weighted by Crippen LogP contribution is 2.21. The first-order valence-corrected chi connectivity index (χ1v) is 42.6. The Labute approximate surface area is 577 Å². The average molecular weight is 1300 g/mol. The molecule has 0 radical (unpaired) electrons. The van der Waals surface area contributed by atoms with Crippen molar-refractivity contribution in [2.75, 3.05) is 13.2 Å². The van der Waals surface area contributed by atoms with E-state index >= 15 is 0 Å². The lowest BCUT2D eigenvalue weighted by Crippen LogP contribution is -2.45. The third-order valence-corrected chi connectivity index (χ3v) is 20.3. The minimum Gasteiger partial charge on any atom is -0.466 e. The van der Waals surface area contributed by atoms with E-state index in [-0.39, 0.29) is 18.5 Å². The highest BCUT2D eigenvalue weighted by atomic mass is 16.5. The SMILES string of the molecule is CCCCCC/C=C\C/C=C\CCCCCCCC(=O)OCCCCCCCCCCCCCCCCCCCCCCCCCCCCCCCCCCCCCCCC(=O)NC(CO)C(O)CCCCCCCCCCCCCCCCCCCCCCCC. The normalized spacial score (nSPS) is 12.5. The number of allylic oxidation sites excluding steroid dienone is 4. The van der Waals surface area contributed by atoms with Crippen molar-refractivity contribution in [2.24, 2.45) is 0 Å². The van der Waals surface area contributed by atoms with E-state index in [1.807, 2.05) is 0 Å². The zero-order valence-corrected chi connectivity index (χ0v) is 62.8. The first-order valence-electron chi connectivity index (χ1n) is 42.6. The van der Waals surface area contributed by atoms with Gasteiger partial charge in [0.2, 0.25) is 5.91 Å². The third kappa shape index (κ3) is 77.3. The van der Waals surface area contributed by atoms with E-state index in [4.69, 9.17) is 4.74 Å². The predicted molar refractivity (Wildman–Crippen MR) is 407 cm³/mol. The van der Waals surface area contributed by atoms with E-state index in [9.17, 15) is 19.8 Å². The van der Waals surface area contributed by atoms with Crippen LogP contribution >= 0.6 is 0 Å². The number of carbonyl (C=O) groups excluding carboxylic acids is 2. The van der Waals surface area contributed by atoms with Crippen LogP contribution in [0.15, 0.2) is 24.3 Å². The summed E-state index contributed by atoms with van der Waals surface area (Å²) >= 11 is 0. The van der Waals surface area contributed by atoms with Gasteiger partial charge in [-0.1, -0.05) is 443 Å². The fourth-order valence-electron chi connectivity index (χ4n) is 13.8. The average Bonchev–Trinajstić information content (AvgIpc) is 3.61. The molecule has 546 valence electrons. The summed E-state index contributed by atoms with van der Waals surface area (Å²) in [5, 5.41) is 23.5. The number of hydrogen-bond acceptors (Lipinski definition) is 5. The minimum atomic E-state index is -0.661.